The van der Waals surface area contributed by atoms with Crippen molar-refractivity contribution in [3.8, 4) is 0 Å². The molecule has 0 spiro atoms. The van der Waals surface area contributed by atoms with Crippen LogP contribution in [0.15, 0.2) is 11.6 Å². The fourth-order valence-electron chi connectivity index (χ4n) is 0.321. The lowest BCUT2D eigenvalue weighted by atomic mass is 10.5. The van der Waals surface area contributed by atoms with Gasteiger partial charge in [0.25, 0.3) is 0 Å². The Kier molecular flexibility index (Phi) is 1.15. The molecule has 0 aromatic rings. The largest absolute Gasteiger partial charge is 0.483 e. The third-order valence-corrected chi connectivity index (χ3v) is 0.782. The van der Waals surface area contributed by atoms with E-state index in [0.29, 0.717) is 0 Å². The minimum Gasteiger partial charge on any atom is -0.483 e. The first-order valence-electron chi connectivity index (χ1n) is 2.10. The van der Waals surface area contributed by atoms with Gasteiger partial charge in [0.1, 0.15) is 6.61 Å². The molecule has 1 heterocycles. The smallest absolute Gasteiger partial charge is 0.446 e. The van der Waals surface area contributed by atoms with Crippen LogP contribution < -0.4 is 0 Å². The molecule has 52 valence electrons. The van der Waals surface area contributed by atoms with Crippen LogP contribution in [0.2, 0.25) is 0 Å². The summed E-state index contributed by atoms with van der Waals surface area (Å²) in [6.45, 7) is -0.231. The van der Waals surface area contributed by atoms with Crippen molar-refractivity contribution in [2.24, 2.45) is 0 Å². The van der Waals surface area contributed by atoms with Gasteiger partial charge in [-0.15, -0.1) is 0 Å². The van der Waals surface area contributed by atoms with Gasteiger partial charge in [-0.3, -0.25) is 0 Å². The molecule has 1 fully saturated rings. The number of epoxide rings is 1. The SMILES string of the molecule is FC(=C1CO1)C(F)(F)F. The topological polar surface area (TPSA) is 12.5 Å². The summed E-state index contributed by atoms with van der Waals surface area (Å²) >= 11 is 0. The lowest BCUT2D eigenvalue weighted by Gasteiger charge is -1.97. The van der Waals surface area contributed by atoms with E-state index >= 15 is 0 Å². The molecule has 1 aliphatic rings. The summed E-state index contributed by atoms with van der Waals surface area (Å²) in [6.07, 6.45) is -4.87. The first kappa shape index (κ1) is 6.38. The molecule has 0 unspecified atom stereocenters. The molecule has 0 radical (unpaired) electrons. The van der Waals surface area contributed by atoms with Crippen molar-refractivity contribution in [1.29, 1.82) is 0 Å². The predicted octanol–water partition coefficient (Wildman–Crippen LogP) is 1.76. The summed E-state index contributed by atoms with van der Waals surface area (Å²) < 4.78 is 49.4. The molecule has 9 heavy (non-hydrogen) atoms. The van der Waals surface area contributed by atoms with Crippen LogP contribution in [0.3, 0.4) is 0 Å². The molecule has 1 saturated heterocycles. The van der Waals surface area contributed by atoms with Crippen molar-refractivity contribution in [2.45, 2.75) is 6.18 Å². The van der Waals surface area contributed by atoms with Crippen LogP contribution in [0.5, 0.6) is 0 Å². The molecule has 1 aliphatic heterocycles. The number of allylic oxidation sites excluding steroid dienone is 1. The summed E-state index contributed by atoms with van der Waals surface area (Å²) in [5.74, 6) is -2.70. The molecular formula is C4H2F4O. The van der Waals surface area contributed by atoms with Crippen LogP contribution in [-0.4, -0.2) is 12.8 Å². The normalized spacial score (nSPS) is 23.1. The first-order chi connectivity index (χ1) is 4.02. The summed E-state index contributed by atoms with van der Waals surface area (Å²) in [6, 6.07) is 0. The summed E-state index contributed by atoms with van der Waals surface area (Å²) in [5.41, 5.74) is 0. The predicted molar refractivity (Wildman–Crippen MR) is 20.1 cm³/mol. The van der Waals surface area contributed by atoms with Crippen molar-refractivity contribution in [2.75, 3.05) is 6.61 Å². The van der Waals surface area contributed by atoms with E-state index in [1.807, 2.05) is 0 Å². The van der Waals surface area contributed by atoms with E-state index in [1.165, 1.54) is 0 Å². The van der Waals surface area contributed by atoms with E-state index in [9.17, 15) is 17.6 Å². The zero-order chi connectivity index (χ0) is 7.07. The molecule has 1 nitrogen and oxygen atoms in total. The molecule has 0 bridgehead atoms. The molecule has 0 N–H and O–H groups in total. The number of alkyl halides is 3. The molecule has 0 saturated carbocycles. The highest BCUT2D eigenvalue weighted by molar-refractivity contribution is 5.14. The number of rotatable bonds is 0. The van der Waals surface area contributed by atoms with Gasteiger partial charge in [0.2, 0.25) is 5.83 Å². The maximum absolute atomic E-state index is 11.7. The summed E-state index contributed by atoms with van der Waals surface area (Å²) in [5, 5.41) is 0. The fourth-order valence-corrected chi connectivity index (χ4v) is 0.321. The molecule has 0 atom stereocenters. The van der Waals surface area contributed by atoms with Crippen LogP contribution >= 0.6 is 0 Å². The second-order valence-electron chi connectivity index (χ2n) is 1.52. The lowest BCUT2D eigenvalue weighted by Crippen LogP contribution is -2.07. The monoisotopic (exact) mass is 142 g/mol. The average Bonchev–Trinajstić information content (AvgIpc) is 2.40. The van der Waals surface area contributed by atoms with Gasteiger partial charge in [0, 0.05) is 0 Å². The van der Waals surface area contributed by atoms with E-state index in [-0.39, 0.29) is 6.61 Å². The third kappa shape index (κ3) is 1.34. The van der Waals surface area contributed by atoms with E-state index in [1.54, 1.807) is 0 Å². The van der Waals surface area contributed by atoms with Gasteiger partial charge in [-0.25, -0.2) is 0 Å². The fraction of sp³-hybridized carbons (Fsp3) is 0.500. The molecule has 0 aromatic carbocycles. The van der Waals surface area contributed by atoms with Crippen LogP contribution in [0, 0.1) is 0 Å². The minimum atomic E-state index is -4.87. The zero-order valence-electron chi connectivity index (χ0n) is 4.13. The summed E-state index contributed by atoms with van der Waals surface area (Å²) in [4.78, 5) is 0. The van der Waals surface area contributed by atoms with Crippen LogP contribution in [0.4, 0.5) is 17.6 Å². The van der Waals surface area contributed by atoms with Gasteiger partial charge >= 0.3 is 6.18 Å². The zero-order valence-corrected chi connectivity index (χ0v) is 4.13. The molecule has 0 aromatic heterocycles. The van der Waals surface area contributed by atoms with E-state index in [0.717, 1.165) is 0 Å². The number of halogens is 4. The Morgan fingerprint density at radius 1 is 1.44 bits per heavy atom. The maximum atomic E-state index is 11.7. The quantitative estimate of drug-likeness (QED) is 0.371. The van der Waals surface area contributed by atoms with E-state index in [4.69, 9.17) is 0 Å². The number of hydrogen-bond donors (Lipinski definition) is 0. The highest BCUT2D eigenvalue weighted by Gasteiger charge is 2.41. The van der Waals surface area contributed by atoms with Gasteiger partial charge in [-0.05, 0) is 0 Å². The van der Waals surface area contributed by atoms with Crippen molar-refractivity contribution in [1.82, 2.24) is 0 Å². The van der Waals surface area contributed by atoms with Crippen molar-refractivity contribution in [3.63, 3.8) is 0 Å². The van der Waals surface area contributed by atoms with Gasteiger partial charge in [-0.2, -0.15) is 17.6 Å². The highest BCUT2D eigenvalue weighted by atomic mass is 19.4. The van der Waals surface area contributed by atoms with Crippen molar-refractivity contribution < 1.29 is 22.3 Å². The second kappa shape index (κ2) is 1.62. The summed E-state index contributed by atoms with van der Waals surface area (Å²) in [7, 11) is 0. The molecule has 5 heteroatoms. The Balaban J connectivity index is 2.73. The van der Waals surface area contributed by atoms with E-state index in [2.05, 4.69) is 4.74 Å². The van der Waals surface area contributed by atoms with E-state index < -0.39 is 17.8 Å². The van der Waals surface area contributed by atoms with Gasteiger partial charge in [0.15, 0.2) is 5.76 Å². The number of ether oxygens (including phenoxy) is 1. The molecular weight excluding hydrogens is 140 g/mol. The van der Waals surface area contributed by atoms with Gasteiger partial charge < -0.3 is 4.74 Å². The van der Waals surface area contributed by atoms with Gasteiger partial charge in [0.05, 0.1) is 0 Å². The van der Waals surface area contributed by atoms with Crippen LogP contribution in [-0.2, 0) is 4.74 Å². The molecule has 0 amide bonds. The Morgan fingerprint density at radius 2 is 1.89 bits per heavy atom. The Hall–Kier alpha value is -0.740. The van der Waals surface area contributed by atoms with Crippen LogP contribution in [0.1, 0.15) is 0 Å². The average molecular weight is 142 g/mol. The Morgan fingerprint density at radius 3 is 2.00 bits per heavy atom. The lowest BCUT2D eigenvalue weighted by molar-refractivity contribution is -0.110. The highest BCUT2D eigenvalue weighted by Crippen LogP contribution is 2.34. The first-order valence-corrected chi connectivity index (χ1v) is 2.10. The standard InChI is InChI=1S/C4H2F4O/c5-3(2-1-9-2)4(6,7)8/h1H2. The Labute approximate surface area is 47.9 Å². The van der Waals surface area contributed by atoms with Gasteiger partial charge in [-0.1, -0.05) is 0 Å². The van der Waals surface area contributed by atoms with Crippen LogP contribution in [0.25, 0.3) is 0 Å². The van der Waals surface area contributed by atoms with Crippen molar-refractivity contribution in [3.05, 3.63) is 11.6 Å². The van der Waals surface area contributed by atoms with Crippen molar-refractivity contribution >= 4 is 0 Å². The Bertz CT molecular complexity index is 150. The minimum absolute atomic E-state index is 0.231. The number of hydrogen-bond acceptors (Lipinski definition) is 1. The molecule has 1 rings (SSSR count). The molecule has 0 aliphatic carbocycles. The maximum Gasteiger partial charge on any atom is 0.446 e. The second-order valence-corrected chi connectivity index (χ2v) is 1.52. The third-order valence-electron chi connectivity index (χ3n) is 0.782.